The van der Waals surface area contributed by atoms with E-state index in [1.165, 1.54) is 25.9 Å². The minimum atomic E-state index is 0.447. The molecule has 1 N–H and O–H groups in total. The molecule has 0 bridgehead atoms. The zero-order valence-corrected chi connectivity index (χ0v) is 9.59. The number of rotatable bonds is 6. The molecule has 1 rings (SSSR count). The van der Waals surface area contributed by atoms with Crippen molar-refractivity contribution in [2.75, 3.05) is 39.3 Å². The van der Waals surface area contributed by atoms with Gasteiger partial charge in [0.15, 0.2) is 0 Å². The minimum Gasteiger partial charge on any atom is -0.377 e. The summed E-state index contributed by atoms with van der Waals surface area (Å²) in [6.07, 6.45) is 2.86. The summed E-state index contributed by atoms with van der Waals surface area (Å²) in [7, 11) is 0. The average molecular weight is 200 g/mol. The van der Waals surface area contributed by atoms with E-state index < -0.39 is 0 Å². The Morgan fingerprint density at radius 2 is 2.00 bits per heavy atom. The van der Waals surface area contributed by atoms with Crippen molar-refractivity contribution in [3.63, 3.8) is 0 Å². The minimum absolute atomic E-state index is 0.447. The molecule has 0 aromatic heterocycles. The molecule has 1 fully saturated rings. The second-order valence-electron chi connectivity index (χ2n) is 3.92. The van der Waals surface area contributed by atoms with Crippen molar-refractivity contribution in [3.05, 3.63) is 0 Å². The van der Waals surface area contributed by atoms with Crippen LogP contribution in [0.1, 0.15) is 26.7 Å². The Morgan fingerprint density at radius 3 is 2.57 bits per heavy atom. The molecule has 0 spiro atoms. The number of piperazine rings is 1. The lowest BCUT2D eigenvalue weighted by Gasteiger charge is -2.30. The fraction of sp³-hybridized carbons (Fsp3) is 1.00. The van der Waals surface area contributed by atoms with Gasteiger partial charge in [-0.05, 0) is 13.3 Å². The molecule has 1 aliphatic rings. The summed E-state index contributed by atoms with van der Waals surface area (Å²) in [6.45, 7) is 10.9. The summed E-state index contributed by atoms with van der Waals surface area (Å²) >= 11 is 0. The Labute approximate surface area is 87.8 Å². The lowest BCUT2D eigenvalue weighted by molar-refractivity contribution is 0.0252. The molecule has 0 aromatic rings. The molecular formula is C11H24N2O. The zero-order valence-electron chi connectivity index (χ0n) is 9.59. The van der Waals surface area contributed by atoms with Gasteiger partial charge in [-0.25, -0.2) is 0 Å². The highest BCUT2D eigenvalue weighted by Crippen LogP contribution is 2.05. The van der Waals surface area contributed by atoms with E-state index in [1.54, 1.807) is 0 Å². The smallest absolute Gasteiger partial charge is 0.0701 e. The number of ether oxygens (including phenoxy) is 1. The van der Waals surface area contributed by atoms with Crippen LogP contribution in [0.5, 0.6) is 0 Å². The van der Waals surface area contributed by atoms with Gasteiger partial charge in [0.2, 0.25) is 0 Å². The van der Waals surface area contributed by atoms with Crippen LogP contribution in [0.4, 0.5) is 0 Å². The molecule has 0 aliphatic carbocycles. The van der Waals surface area contributed by atoms with Crippen molar-refractivity contribution in [3.8, 4) is 0 Å². The molecule has 3 heteroatoms. The number of nitrogens with one attached hydrogen (secondary N) is 1. The van der Waals surface area contributed by atoms with Crippen molar-refractivity contribution in [1.82, 2.24) is 10.2 Å². The molecule has 0 amide bonds. The Balaban J connectivity index is 2.21. The maximum absolute atomic E-state index is 5.72. The van der Waals surface area contributed by atoms with Gasteiger partial charge >= 0.3 is 0 Å². The summed E-state index contributed by atoms with van der Waals surface area (Å²) in [5, 5.41) is 3.37. The second kappa shape index (κ2) is 7.21. The largest absolute Gasteiger partial charge is 0.377 e. The SMILES string of the molecule is CCCC(CN1CCNCC1)OCC. The van der Waals surface area contributed by atoms with Gasteiger partial charge in [0.25, 0.3) is 0 Å². The molecule has 1 atom stereocenters. The third kappa shape index (κ3) is 4.40. The van der Waals surface area contributed by atoms with E-state index in [1.807, 2.05) is 0 Å². The predicted octanol–water partition coefficient (Wildman–Crippen LogP) is 1.10. The van der Waals surface area contributed by atoms with Gasteiger partial charge in [0.05, 0.1) is 6.10 Å². The van der Waals surface area contributed by atoms with E-state index in [4.69, 9.17) is 4.74 Å². The summed E-state index contributed by atoms with van der Waals surface area (Å²) in [4.78, 5) is 2.51. The average Bonchev–Trinajstić information content (AvgIpc) is 2.20. The van der Waals surface area contributed by atoms with Crippen molar-refractivity contribution in [2.45, 2.75) is 32.8 Å². The van der Waals surface area contributed by atoms with Gasteiger partial charge in [0.1, 0.15) is 0 Å². The third-order valence-corrected chi connectivity index (χ3v) is 2.68. The molecule has 1 aliphatic heterocycles. The van der Waals surface area contributed by atoms with Gasteiger partial charge < -0.3 is 10.1 Å². The van der Waals surface area contributed by atoms with Crippen LogP contribution in [-0.4, -0.2) is 50.3 Å². The highest BCUT2D eigenvalue weighted by Gasteiger charge is 2.15. The van der Waals surface area contributed by atoms with E-state index in [0.29, 0.717) is 6.10 Å². The van der Waals surface area contributed by atoms with Crippen LogP contribution in [0.3, 0.4) is 0 Å². The molecule has 14 heavy (non-hydrogen) atoms. The fourth-order valence-electron chi connectivity index (χ4n) is 1.97. The van der Waals surface area contributed by atoms with Crippen LogP contribution < -0.4 is 5.32 Å². The van der Waals surface area contributed by atoms with Crippen LogP contribution >= 0.6 is 0 Å². The van der Waals surface area contributed by atoms with Gasteiger partial charge in [-0.2, -0.15) is 0 Å². The van der Waals surface area contributed by atoms with Gasteiger partial charge in [0, 0.05) is 39.3 Å². The number of hydrogen-bond donors (Lipinski definition) is 1. The van der Waals surface area contributed by atoms with Gasteiger partial charge in [-0.15, -0.1) is 0 Å². The standard InChI is InChI=1S/C11H24N2O/c1-3-5-11(14-4-2)10-13-8-6-12-7-9-13/h11-12H,3-10H2,1-2H3. The van der Waals surface area contributed by atoms with Crippen molar-refractivity contribution >= 4 is 0 Å². The molecule has 84 valence electrons. The van der Waals surface area contributed by atoms with Crippen LogP contribution in [0.25, 0.3) is 0 Å². The van der Waals surface area contributed by atoms with E-state index in [2.05, 4.69) is 24.1 Å². The lowest BCUT2D eigenvalue weighted by atomic mass is 10.2. The summed E-state index contributed by atoms with van der Waals surface area (Å²) in [5.41, 5.74) is 0. The van der Waals surface area contributed by atoms with Crippen LogP contribution in [0.2, 0.25) is 0 Å². The monoisotopic (exact) mass is 200 g/mol. The topological polar surface area (TPSA) is 24.5 Å². The van der Waals surface area contributed by atoms with E-state index >= 15 is 0 Å². The van der Waals surface area contributed by atoms with Gasteiger partial charge in [-0.1, -0.05) is 13.3 Å². The lowest BCUT2D eigenvalue weighted by Crippen LogP contribution is -2.46. The maximum Gasteiger partial charge on any atom is 0.0701 e. The van der Waals surface area contributed by atoms with Gasteiger partial charge in [-0.3, -0.25) is 4.90 Å². The Hall–Kier alpha value is -0.120. The first-order chi connectivity index (χ1) is 6.86. The fourth-order valence-corrected chi connectivity index (χ4v) is 1.97. The molecule has 1 saturated heterocycles. The highest BCUT2D eigenvalue weighted by atomic mass is 16.5. The van der Waals surface area contributed by atoms with Crippen molar-refractivity contribution in [2.24, 2.45) is 0 Å². The second-order valence-corrected chi connectivity index (χ2v) is 3.92. The van der Waals surface area contributed by atoms with E-state index in [9.17, 15) is 0 Å². The first-order valence-electron chi connectivity index (χ1n) is 5.91. The van der Waals surface area contributed by atoms with Crippen molar-refractivity contribution in [1.29, 1.82) is 0 Å². The third-order valence-electron chi connectivity index (χ3n) is 2.68. The summed E-state index contributed by atoms with van der Waals surface area (Å²) in [6, 6.07) is 0. The molecule has 0 saturated carbocycles. The molecule has 0 radical (unpaired) electrons. The normalized spacial score (nSPS) is 21.0. The Bertz CT molecular complexity index is 129. The molecule has 0 aromatic carbocycles. The molecule has 3 nitrogen and oxygen atoms in total. The summed E-state index contributed by atoms with van der Waals surface area (Å²) in [5.74, 6) is 0. The quantitative estimate of drug-likeness (QED) is 0.695. The first kappa shape index (κ1) is 12.0. The molecular weight excluding hydrogens is 176 g/mol. The molecule has 1 heterocycles. The predicted molar refractivity (Wildman–Crippen MR) is 59.6 cm³/mol. The molecule has 1 unspecified atom stereocenters. The van der Waals surface area contributed by atoms with E-state index in [-0.39, 0.29) is 0 Å². The highest BCUT2D eigenvalue weighted by molar-refractivity contribution is 4.71. The van der Waals surface area contributed by atoms with Crippen LogP contribution in [0.15, 0.2) is 0 Å². The number of hydrogen-bond acceptors (Lipinski definition) is 3. The summed E-state index contributed by atoms with van der Waals surface area (Å²) < 4.78 is 5.72. The Kier molecular flexibility index (Phi) is 6.15. The Morgan fingerprint density at radius 1 is 1.29 bits per heavy atom. The maximum atomic E-state index is 5.72. The van der Waals surface area contributed by atoms with E-state index in [0.717, 1.165) is 26.2 Å². The zero-order chi connectivity index (χ0) is 10.2. The van der Waals surface area contributed by atoms with Crippen LogP contribution in [0, 0.1) is 0 Å². The number of nitrogens with zero attached hydrogens (tertiary/aromatic N) is 1. The van der Waals surface area contributed by atoms with Crippen LogP contribution in [-0.2, 0) is 4.74 Å². The first-order valence-corrected chi connectivity index (χ1v) is 5.91. The van der Waals surface area contributed by atoms with Crippen molar-refractivity contribution < 1.29 is 4.74 Å².